The van der Waals surface area contributed by atoms with Crippen molar-refractivity contribution in [3.05, 3.63) is 47.5 Å². The molecule has 0 saturated carbocycles. The maximum absolute atomic E-state index is 13.9. The minimum absolute atomic E-state index is 0.342. The molecule has 4 nitrogen and oxygen atoms in total. The van der Waals surface area contributed by atoms with Crippen LogP contribution in [-0.4, -0.2) is 33.7 Å². The summed E-state index contributed by atoms with van der Waals surface area (Å²) >= 11 is 0. The maximum Gasteiger partial charge on any atom is 0.434 e. The fourth-order valence-electron chi connectivity index (χ4n) is 2.61. The predicted octanol–water partition coefficient (Wildman–Crippen LogP) is 4.29. The van der Waals surface area contributed by atoms with Crippen LogP contribution in [0.4, 0.5) is 17.6 Å². The van der Waals surface area contributed by atoms with E-state index in [2.05, 4.69) is 5.10 Å². The van der Waals surface area contributed by atoms with Crippen molar-refractivity contribution in [2.24, 2.45) is 0 Å². The third kappa shape index (κ3) is 4.00. The zero-order valence-corrected chi connectivity index (χ0v) is 14.0. The van der Waals surface area contributed by atoms with Crippen molar-refractivity contribution in [2.45, 2.75) is 32.9 Å². The molecule has 0 aliphatic rings. The monoisotopic (exact) mass is 357 g/mol. The number of rotatable bonds is 6. The van der Waals surface area contributed by atoms with Crippen LogP contribution in [0.25, 0.3) is 5.69 Å². The average molecular weight is 357 g/mol. The molecule has 0 radical (unpaired) electrons. The molecular formula is C17H19F4N3O. The summed E-state index contributed by atoms with van der Waals surface area (Å²) < 4.78 is 55.2. The smallest absolute Gasteiger partial charge is 0.339 e. The topological polar surface area (TPSA) is 38.1 Å². The molecule has 0 N–H and O–H groups in total. The standard InChI is InChI=1S/C17H19F4N3O/c1-3-9-23(10-4-2)16(25)12-11-22-24(15(12)17(19,20)21)14-8-6-5-7-13(14)18/h5-8,11H,3-4,9-10H2,1-2H3. The van der Waals surface area contributed by atoms with Crippen molar-refractivity contribution in [1.29, 1.82) is 0 Å². The number of nitrogens with zero attached hydrogens (tertiary/aromatic N) is 3. The first-order chi connectivity index (χ1) is 11.8. The van der Waals surface area contributed by atoms with Crippen molar-refractivity contribution in [2.75, 3.05) is 13.1 Å². The third-order valence-electron chi connectivity index (χ3n) is 3.62. The van der Waals surface area contributed by atoms with Crippen molar-refractivity contribution in [1.82, 2.24) is 14.7 Å². The summed E-state index contributed by atoms with van der Waals surface area (Å²) in [5, 5.41) is 3.65. The number of carbonyl (C=O) groups excluding carboxylic acids is 1. The van der Waals surface area contributed by atoms with Gasteiger partial charge >= 0.3 is 6.18 Å². The van der Waals surface area contributed by atoms with Gasteiger partial charge in [0.15, 0.2) is 5.69 Å². The second-order valence-electron chi connectivity index (χ2n) is 5.56. The zero-order chi connectivity index (χ0) is 18.6. The van der Waals surface area contributed by atoms with E-state index in [9.17, 15) is 22.4 Å². The predicted molar refractivity (Wildman–Crippen MR) is 85.0 cm³/mol. The Balaban J connectivity index is 2.57. The number of benzene rings is 1. The maximum atomic E-state index is 13.9. The Kier molecular flexibility index (Phi) is 5.81. The summed E-state index contributed by atoms with van der Waals surface area (Å²) in [5.41, 5.74) is -2.19. The molecule has 25 heavy (non-hydrogen) atoms. The number of para-hydroxylation sites is 1. The fraction of sp³-hybridized carbons (Fsp3) is 0.412. The minimum atomic E-state index is -4.85. The Morgan fingerprint density at radius 1 is 1.16 bits per heavy atom. The number of aromatic nitrogens is 2. The molecule has 0 spiro atoms. The quantitative estimate of drug-likeness (QED) is 0.723. The first-order valence-corrected chi connectivity index (χ1v) is 8.00. The van der Waals surface area contributed by atoms with Gasteiger partial charge in [0.05, 0.1) is 11.8 Å². The molecule has 0 saturated heterocycles. The van der Waals surface area contributed by atoms with Crippen molar-refractivity contribution in [3.63, 3.8) is 0 Å². The van der Waals surface area contributed by atoms with Crippen molar-refractivity contribution >= 4 is 5.91 Å². The van der Waals surface area contributed by atoms with Gasteiger partial charge in [0.2, 0.25) is 0 Å². The van der Waals surface area contributed by atoms with E-state index >= 15 is 0 Å². The largest absolute Gasteiger partial charge is 0.434 e. The van der Waals surface area contributed by atoms with Gasteiger partial charge in [-0.25, -0.2) is 9.07 Å². The third-order valence-corrected chi connectivity index (χ3v) is 3.62. The molecule has 1 amide bonds. The molecule has 0 bridgehead atoms. The van der Waals surface area contributed by atoms with Gasteiger partial charge in [-0.15, -0.1) is 0 Å². The average Bonchev–Trinajstić information content (AvgIpc) is 2.99. The van der Waals surface area contributed by atoms with E-state index < -0.39 is 29.2 Å². The van der Waals surface area contributed by atoms with Crippen LogP contribution in [0, 0.1) is 5.82 Å². The highest BCUT2D eigenvalue weighted by Crippen LogP contribution is 2.34. The molecule has 8 heteroatoms. The number of alkyl halides is 3. The van der Waals surface area contributed by atoms with Gasteiger partial charge in [-0.2, -0.15) is 18.3 Å². The summed E-state index contributed by atoms with van der Waals surface area (Å²) in [4.78, 5) is 14.0. The summed E-state index contributed by atoms with van der Waals surface area (Å²) in [6.45, 7) is 4.36. The van der Waals surface area contributed by atoms with Crippen LogP contribution in [0.1, 0.15) is 42.7 Å². The molecule has 2 rings (SSSR count). The van der Waals surface area contributed by atoms with E-state index in [0.29, 0.717) is 30.6 Å². The molecule has 0 aliphatic heterocycles. The Morgan fingerprint density at radius 2 is 1.76 bits per heavy atom. The highest BCUT2D eigenvalue weighted by atomic mass is 19.4. The van der Waals surface area contributed by atoms with Gasteiger partial charge in [-0.05, 0) is 25.0 Å². The SMILES string of the molecule is CCCN(CCC)C(=O)c1cnn(-c2ccccc2F)c1C(F)(F)F. The highest BCUT2D eigenvalue weighted by Gasteiger charge is 2.41. The second kappa shape index (κ2) is 7.67. The lowest BCUT2D eigenvalue weighted by Gasteiger charge is -2.22. The Labute approximate surface area is 143 Å². The second-order valence-corrected chi connectivity index (χ2v) is 5.56. The fourth-order valence-corrected chi connectivity index (χ4v) is 2.61. The number of hydrogen-bond acceptors (Lipinski definition) is 2. The first-order valence-electron chi connectivity index (χ1n) is 8.00. The number of amides is 1. The zero-order valence-electron chi connectivity index (χ0n) is 14.0. The van der Waals surface area contributed by atoms with Crippen LogP contribution >= 0.6 is 0 Å². The van der Waals surface area contributed by atoms with Gasteiger partial charge in [-0.3, -0.25) is 4.79 Å². The summed E-state index contributed by atoms with van der Waals surface area (Å²) in [6, 6.07) is 4.99. The molecule has 0 atom stereocenters. The van der Waals surface area contributed by atoms with E-state index in [1.165, 1.54) is 23.1 Å². The highest BCUT2D eigenvalue weighted by molar-refractivity contribution is 5.95. The van der Waals surface area contributed by atoms with E-state index in [4.69, 9.17) is 0 Å². The van der Waals surface area contributed by atoms with Crippen LogP contribution in [0.5, 0.6) is 0 Å². The summed E-state index contributed by atoms with van der Waals surface area (Å²) in [5.74, 6) is -1.60. The molecule has 1 aromatic heterocycles. The number of halogens is 4. The molecule has 0 aliphatic carbocycles. The Hall–Kier alpha value is -2.38. The van der Waals surface area contributed by atoms with E-state index in [1.807, 2.05) is 13.8 Å². The number of hydrogen-bond donors (Lipinski definition) is 0. The normalized spacial score (nSPS) is 11.6. The lowest BCUT2D eigenvalue weighted by Crippen LogP contribution is -2.34. The summed E-state index contributed by atoms with van der Waals surface area (Å²) in [6.07, 6.45) is -2.76. The van der Waals surface area contributed by atoms with E-state index in [1.54, 1.807) is 0 Å². The van der Waals surface area contributed by atoms with Crippen LogP contribution in [0.3, 0.4) is 0 Å². The van der Waals surface area contributed by atoms with Crippen LogP contribution < -0.4 is 0 Å². The van der Waals surface area contributed by atoms with Gasteiger partial charge in [0.1, 0.15) is 11.5 Å². The number of carbonyl (C=O) groups is 1. The van der Waals surface area contributed by atoms with Crippen molar-refractivity contribution in [3.8, 4) is 5.69 Å². The van der Waals surface area contributed by atoms with Crippen LogP contribution in [0.15, 0.2) is 30.5 Å². The Morgan fingerprint density at radius 3 is 2.28 bits per heavy atom. The lowest BCUT2D eigenvalue weighted by atomic mass is 10.2. The molecule has 0 unspecified atom stereocenters. The lowest BCUT2D eigenvalue weighted by molar-refractivity contribution is -0.143. The first kappa shape index (κ1) is 19.0. The molecule has 1 heterocycles. The van der Waals surface area contributed by atoms with E-state index in [0.717, 1.165) is 12.3 Å². The van der Waals surface area contributed by atoms with Crippen LogP contribution in [-0.2, 0) is 6.18 Å². The summed E-state index contributed by atoms with van der Waals surface area (Å²) in [7, 11) is 0. The minimum Gasteiger partial charge on any atom is -0.339 e. The molecular weight excluding hydrogens is 338 g/mol. The van der Waals surface area contributed by atoms with E-state index in [-0.39, 0.29) is 5.69 Å². The van der Waals surface area contributed by atoms with Crippen molar-refractivity contribution < 1.29 is 22.4 Å². The van der Waals surface area contributed by atoms with Crippen LogP contribution in [0.2, 0.25) is 0 Å². The molecule has 136 valence electrons. The Bertz CT molecular complexity index is 734. The van der Waals surface area contributed by atoms with Gasteiger partial charge in [0.25, 0.3) is 5.91 Å². The molecule has 0 fully saturated rings. The van der Waals surface area contributed by atoms with Gasteiger partial charge in [0, 0.05) is 13.1 Å². The van der Waals surface area contributed by atoms with Gasteiger partial charge < -0.3 is 4.90 Å². The van der Waals surface area contributed by atoms with Gasteiger partial charge in [-0.1, -0.05) is 26.0 Å². The molecule has 1 aromatic carbocycles. The molecule has 2 aromatic rings.